The third-order valence-electron chi connectivity index (χ3n) is 5.80. The first-order valence-electron chi connectivity index (χ1n) is 9.74. The number of aryl methyl sites for hydroxylation is 1. The third-order valence-corrected chi connectivity index (χ3v) is 5.80. The summed E-state index contributed by atoms with van der Waals surface area (Å²) in [6, 6.07) is 13.2. The number of nitrogens with zero attached hydrogens (tertiary/aromatic N) is 4. The van der Waals surface area contributed by atoms with Gasteiger partial charge in [0, 0.05) is 32.2 Å². The molecule has 1 aliphatic heterocycles. The van der Waals surface area contributed by atoms with Crippen LogP contribution in [0.25, 0.3) is 11.7 Å². The summed E-state index contributed by atoms with van der Waals surface area (Å²) in [4.78, 5) is 5.06. The van der Waals surface area contributed by atoms with E-state index in [0.717, 1.165) is 26.2 Å². The van der Waals surface area contributed by atoms with Crippen LogP contribution in [0.5, 0.6) is 0 Å². The van der Waals surface area contributed by atoms with E-state index in [-0.39, 0.29) is 0 Å². The van der Waals surface area contributed by atoms with Gasteiger partial charge in [0.25, 0.3) is 5.89 Å². The summed E-state index contributed by atoms with van der Waals surface area (Å²) >= 11 is 0. The zero-order valence-corrected chi connectivity index (χ0v) is 15.4. The SMILES string of the molecule is c1coc(-c2nnc(CN3CCN([C@@H]4CCc5ccccc5C4)CC3)o2)c1. The van der Waals surface area contributed by atoms with Crippen molar-refractivity contribution in [3.8, 4) is 11.7 Å². The Morgan fingerprint density at radius 3 is 2.63 bits per heavy atom. The van der Waals surface area contributed by atoms with Crippen molar-refractivity contribution in [1.82, 2.24) is 20.0 Å². The average Bonchev–Trinajstić information content (AvgIpc) is 3.40. The van der Waals surface area contributed by atoms with Gasteiger partial charge in [-0.15, -0.1) is 10.2 Å². The van der Waals surface area contributed by atoms with Crippen LogP contribution in [-0.4, -0.2) is 52.2 Å². The van der Waals surface area contributed by atoms with Crippen molar-refractivity contribution in [2.45, 2.75) is 31.8 Å². The Kier molecular flexibility index (Phi) is 4.51. The summed E-state index contributed by atoms with van der Waals surface area (Å²) < 4.78 is 11.1. The molecule has 0 N–H and O–H groups in total. The fourth-order valence-corrected chi connectivity index (χ4v) is 4.29. The van der Waals surface area contributed by atoms with E-state index in [1.807, 2.05) is 12.1 Å². The van der Waals surface area contributed by atoms with Crippen LogP contribution in [0.4, 0.5) is 0 Å². The minimum Gasteiger partial charge on any atom is -0.459 e. The molecule has 1 saturated heterocycles. The lowest BCUT2D eigenvalue weighted by Gasteiger charge is -2.40. The second kappa shape index (κ2) is 7.29. The maximum atomic E-state index is 5.74. The van der Waals surface area contributed by atoms with E-state index >= 15 is 0 Å². The Balaban J connectivity index is 1.15. The summed E-state index contributed by atoms with van der Waals surface area (Å²) in [5.41, 5.74) is 3.07. The molecule has 0 amide bonds. The Morgan fingerprint density at radius 2 is 1.81 bits per heavy atom. The quantitative estimate of drug-likeness (QED) is 0.709. The van der Waals surface area contributed by atoms with E-state index in [1.165, 1.54) is 30.4 Å². The number of benzene rings is 1. The minimum atomic E-state index is 0.453. The number of furan rings is 1. The van der Waals surface area contributed by atoms with Crippen molar-refractivity contribution in [1.29, 1.82) is 0 Å². The van der Waals surface area contributed by atoms with Crippen molar-refractivity contribution in [3.05, 3.63) is 59.7 Å². The molecule has 2 aliphatic rings. The topological polar surface area (TPSA) is 58.5 Å². The molecule has 140 valence electrons. The number of piperazine rings is 1. The maximum absolute atomic E-state index is 5.74. The zero-order chi connectivity index (χ0) is 18.1. The molecule has 0 radical (unpaired) electrons. The van der Waals surface area contributed by atoms with Crippen LogP contribution in [0.1, 0.15) is 23.4 Å². The van der Waals surface area contributed by atoms with Gasteiger partial charge in [-0.1, -0.05) is 24.3 Å². The second-order valence-corrected chi connectivity index (χ2v) is 7.46. The van der Waals surface area contributed by atoms with Crippen molar-refractivity contribution in [2.75, 3.05) is 26.2 Å². The predicted molar refractivity (Wildman–Crippen MR) is 101 cm³/mol. The highest BCUT2D eigenvalue weighted by Crippen LogP contribution is 2.25. The van der Waals surface area contributed by atoms with Gasteiger partial charge in [0.2, 0.25) is 5.89 Å². The molecule has 1 aliphatic carbocycles. The van der Waals surface area contributed by atoms with Gasteiger partial charge in [0.05, 0.1) is 12.8 Å². The fraction of sp³-hybridized carbons (Fsp3) is 0.429. The molecule has 0 unspecified atom stereocenters. The molecule has 6 nitrogen and oxygen atoms in total. The summed E-state index contributed by atoms with van der Waals surface area (Å²) in [5.74, 6) is 1.73. The summed E-state index contributed by atoms with van der Waals surface area (Å²) in [6.45, 7) is 4.99. The van der Waals surface area contributed by atoms with Crippen molar-refractivity contribution in [2.24, 2.45) is 0 Å². The van der Waals surface area contributed by atoms with Crippen molar-refractivity contribution >= 4 is 0 Å². The maximum Gasteiger partial charge on any atom is 0.283 e. The Labute approximate surface area is 158 Å². The lowest BCUT2D eigenvalue weighted by atomic mass is 9.87. The Morgan fingerprint density at radius 1 is 0.963 bits per heavy atom. The molecule has 0 spiro atoms. The molecule has 1 fully saturated rings. The summed E-state index contributed by atoms with van der Waals surface area (Å²) in [7, 11) is 0. The van der Waals surface area contributed by atoms with Crippen LogP contribution in [0.3, 0.4) is 0 Å². The van der Waals surface area contributed by atoms with Gasteiger partial charge in [-0.2, -0.15) is 0 Å². The van der Waals surface area contributed by atoms with E-state index < -0.39 is 0 Å². The Hall–Kier alpha value is -2.44. The molecule has 27 heavy (non-hydrogen) atoms. The van der Waals surface area contributed by atoms with Gasteiger partial charge in [0.1, 0.15) is 0 Å². The molecule has 2 aromatic heterocycles. The minimum absolute atomic E-state index is 0.453. The first kappa shape index (κ1) is 16.7. The van der Waals surface area contributed by atoms with Crippen LogP contribution >= 0.6 is 0 Å². The van der Waals surface area contributed by atoms with Gasteiger partial charge < -0.3 is 8.83 Å². The van der Waals surface area contributed by atoms with E-state index in [9.17, 15) is 0 Å². The van der Waals surface area contributed by atoms with Crippen LogP contribution < -0.4 is 0 Å². The lowest BCUT2D eigenvalue weighted by Crippen LogP contribution is -2.51. The number of hydrogen-bond acceptors (Lipinski definition) is 6. The highest BCUT2D eigenvalue weighted by atomic mass is 16.4. The molecule has 5 rings (SSSR count). The lowest BCUT2D eigenvalue weighted by molar-refractivity contribution is 0.0809. The van der Waals surface area contributed by atoms with Crippen molar-refractivity contribution < 1.29 is 8.83 Å². The number of rotatable bonds is 4. The monoisotopic (exact) mass is 364 g/mol. The van der Waals surface area contributed by atoms with E-state index in [1.54, 1.807) is 6.26 Å². The first-order chi connectivity index (χ1) is 13.3. The number of hydrogen-bond donors (Lipinski definition) is 0. The van der Waals surface area contributed by atoms with Crippen LogP contribution in [-0.2, 0) is 19.4 Å². The summed E-state index contributed by atoms with van der Waals surface area (Å²) in [5, 5.41) is 8.25. The molecule has 0 saturated carbocycles. The largest absolute Gasteiger partial charge is 0.459 e. The third kappa shape index (κ3) is 3.55. The van der Waals surface area contributed by atoms with E-state index in [0.29, 0.717) is 30.1 Å². The standard InChI is InChI=1S/C21H24N4O2/c1-2-5-17-14-18(8-7-16(17)4-1)25-11-9-24(10-12-25)15-20-22-23-21(27-20)19-6-3-13-26-19/h1-6,13,18H,7-12,14-15H2/t18-/m1/s1. The molecular weight excluding hydrogens is 340 g/mol. The average molecular weight is 364 g/mol. The van der Waals surface area contributed by atoms with E-state index in [2.05, 4.69) is 44.3 Å². The first-order valence-corrected chi connectivity index (χ1v) is 9.74. The molecule has 3 aromatic rings. The number of aromatic nitrogens is 2. The highest BCUT2D eigenvalue weighted by Gasteiger charge is 2.27. The van der Waals surface area contributed by atoms with Gasteiger partial charge in [0.15, 0.2) is 5.76 Å². The van der Waals surface area contributed by atoms with Crippen molar-refractivity contribution in [3.63, 3.8) is 0 Å². The zero-order valence-electron chi connectivity index (χ0n) is 15.4. The molecule has 1 aromatic carbocycles. The molecule has 0 bridgehead atoms. The molecule has 6 heteroatoms. The van der Waals surface area contributed by atoms with Gasteiger partial charge >= 0.3 is 0 Å². The smallest absolute Gasteiger partial charge is 0.283 e. The molecule has 3 heterocycles. The van der Waals surface area contributed by atoms with Gasteiger partial charge in [-0.25, -0.2) is 0 Å². The van der Waals surface area contributed by atoms with Crippen LogP contribution in [0, 0.1) is 0 Å². The van der Waals surface area contributed by atoms with Gasteiger partial charge in [-0.05, 0) is 42.5 Å². The number of fused-ring (bicyclic) bond motifs is 1. The fourth-order valence-electron chi connectivity index (χ4n) is 4.29. The summed E-state index contributed by atoms with van der Waals surface area (Å²) in [6.07, 6.45) is 5.28. The second-order valence-electron chi connectivity index (χ2n) is 7.46. The van der Waals surface area contributed by atoms with E-state index in [4.69, 9.17) is 8.83 Å². The normalized spacial score (nSPS) is 21.3. The molecule has 1 atom stereocenters. The van der Waals surface area contributed by atoms with Crippen LogP contribution in [0.15, 0.2) is 51.5 Å². The Bertz CT molecular complexity index is 881. The van der Waals surface area contributed by atoms with Gasteiger partial charge in [-0.3, -0.25) is 9.80 Å². The van der Waals surface area contributed by atoms with Crippen LogP contribution in [0.2, 0.25) is 0 Å². The molecular formula is C21H24N4O2. The predicted octanol–water partition coefficient (Wildman–Crippen LogP) is 3.00. The highest BCUT2D eigenvalue weighted by molar-refractivity contribution is 5.42.